The van der Waals surface area contributed by atoms with Crippen molar-refractivity contribution >= 4 is 39.7 Å². The van der Waals surface area contributed by atoms with Crippen LogP contribution < -0.4 is 16.5 Å². The molecule has 2 aromatic carbocycles. The smallest absolute Gasteiger partial charge is 0.250 e. The van der Waals surface area contributed by atoms with Crippen molar-refractivity contribution in [1.29, 1.82) is 0 Å². The molecule has 7 heteroatoms. The number of aryl methyl sites for hydroxylation is 1. The van der Waals surface area contributed by atoms with Gasteiger partial charge >= 0.3 is 0 Å². The highest BCUT2D eigenvalue weighted by Gasteiger charge is 2.23. The fourth-order valence-corrected chi connectivity index (χ4v) is 4.20. The van der Waals surface area contributed by atoms with E-state index in [1.165, 1.54) is 6.20 Å². The Labute approximate surface area is 184 Å². The van der Waals surface area contributed by atoms with E-state index in [0.717, 1.165) is 11.3 Å². The Bertz CT molecular complexity index is 1390. The maximum atomic E-state index is 13.7. The molecule has 31 heavy (non-hydrogen) atoms. The van der Waals surface area contributed by atoms with E-state index >= 15 is 0 Å². The number of nitrogen functional groups attached to an aromatic ring is 1. The van der Waals surface area contributed by atoms with E-state index in [0.29, 0.717) is 33.0 Å². The van der Waals surface area contributed by atoms with Gasteiger partial charge < -0.3 is 15.6 Å². The summed E-state index contributed by atoms with van der Waals surface area (Å²) in [6.07, 6.45) is 1.54. The van der Waals surface area contributed by atoms with Crippen LogP contribution in [0.25, 0.3) is 27.0 Å². The van der Waals surface area contributed by atoms with Gasteiger partial charge in [0.15, 0.2) is 5.43 Å². The first-order valence-corrected chi connectivity index (χ1v) is 10.1. The number of pyridine rings is 2. The van der Waals surface area contributed by atoms with Gasteiger partial charge in [0.1, 0.15) is 5.82 Å². The van der Waals surface area contributed by atoms with E-state index in [9.17, 15) is 4.79 Å². The summed E-state index contributed by atoms with van der Waals surface area (Å²) >= 11 is 6.48. The molecule has 2 heterocycles. The molecule has 0 saturated carbocycles. The van der Waals surface area contributed by atoms with Crippen LogP contribution in [-0.2, 0) is 7.05 Å². The van der Waals surface area contributed by atoms with Crippen molar-refractivity contribution < 1.29 is 0 Å². The summed E-state index contributed by atoms with van der Waals surface area (Å²) in [5.74, 6) is 0.342. The number of benzene rings is 2. The lowest BCUT2D eigenvalue weighted by atomic mass is 9.97. The molecule has 6 nitrogen and oxygen atoms in total. The summed E-state index contributed by atoms with van der Waals surface area (Å²) in [4.78, 5) is 21.4. The molecule has 1 unspecified atom stereocenters. The first-order valence-electron chi connectivity index (χ1n) is 9.69. The van der Waals surface area contributed by atoms with Crippen LogP contribution in [0, 0.1) is 6.57 Å². The topological polar surface area (TPSA) is 77.3 Å². The molecular weight excluding hydrogens is 410 g/mol. The molecule has 0 saturated heterocycles. The largest absolute Gasteiger partial charge is 0.407 e. The third kappa shape index (κ3) is 3.49. The molecule has 0 fully saturated rings. The molecule has 4 rings (SSSR count). The standard InChI is InChI=1S/C24H20ClN5O/c1-14(29-24-20(27-2)18(26)12-13-28-24)19-21(15-8-5-4-6-9-15)30(3)22-16(23(19)31)10-7-11-17(22)25/h4-14H,1,3H3,(H3,26,28,29). The van der Waals surface area contributed by atoms with Crippen LogP contribution >= 0.6 is 11.6 Å². The molecule has 0 amide bonds. The fraction of sp³-hybridized carbons (Fsp3) is 0.125. The number of halogens is 1. The Balaban J connectivity index is 2.00. The van der Waals surface area contributed by atoms with Gasteiger partial charge in [0.25, 0.3) is 0 Å². The van der Waals surface area contributed by atoms with Crippen LogP contribution in [-0.4, -0.2) is 9.55 Å². The average molecular weight is 430 g/mol. The van der Waals surface area contributed by atoms with Crippen molar-refractivity contribution in [2.24, 2.45) is 7.05 Å². The van der Waals surface area contributed by atoms with Gasteiger partial charge in [-0.2, -0.15) is 0 Å². The minimum Gasteiger partial charge on any atom is -0.407 e. The number of nitrogens with two attached hydrogens (primary N) is 1. The zero-order chi connectivity index (χ0) is 22.1. The van der Waals surface area contributed by atoms with E-state index in [2.05, 4.69) is 15.1 Å². The summed E-state index contributed by atoms with van der Waals surface area (Å²) in [6, 6.07) is 16.1. The molecule has 0 aliphatic carbocycles. The Hall–Kier alpha value is -3.82. The maximum absolute atomic E-state index is 13.7. The van der Waals surface area contributed by atoms with Crippen molar-refractivity contribution in [2.75, 3.05) is 11.1 Å². The molecule has 0 spiro atoms. The van der Waals surface area contributed by atoms with Gasteiger partial charge in [-0.05, 0) is 30.7 Å². The number of rotatable bonds is 4. The second-order valence-electron chi connectivity index (χ2n) is 7.23. The van der Waals surface area contributed by atoms with Gasteiger partial charge in [-0.1, -0.05) is 48.0 Å². The average Bonchev–Trinajstić information content (AvgIpc) is 2.76. The highest BCUT2D eigenvalue weighted by molar-refractivity contribution is 6.35. The number of hydrogen-bond acceptors (Lipinski definition) is 4. The Morgan fingerprint density at radius 1 is 1.16 bits per heavy atom. The van der Waals surface area contributed by atoms with E-state index in [-0.39, 0.29) is 11.1 Å². The SMILES string of the molecule is [C-]#[N+]c1c(N)ccnc1NC(C)c1c(-c2ccccc2)n(C)c2c(Cl)cccc2c1=O. The van der Waals surface area contributed by atoms with Gasteiger partial charge in [0.2, 0.25) is 5.69 Å². The van der Waals surface area contributed by atoms with Crippen molar-refractivity contribution in [3.8, 4) is 11.3 Å². The number of anilines is 2. The predicted octanol–water partition coefficient (Wildman–Crippen LogP) is 5.56. The maximum Gasteiger partial charge on any atom is 0.250 e. The summed E-state index contributed by atoms with van der Waals surface area (Å²) < 4.78 is 1.95. The molecule has 0 aliphatic heterocycles. The molecule has 1 atom stereocenters. The first kappa shape index (κ1) is 20.5. The van der Waals surface area contributed by atoms with E-state index in [4.69, 9.17) is 23.9 Å². The minimum absolute atomic E-state index is 0.122. The van der Waals surface area contributed by atoms with E-state index < -0.39 is 6.04 Å². The predicted molar refractivity (Wildman–Crippen MR) is 127 cm³/mol. The Morgan fingerprint density at radius 3 is 2.61 bits per heavy atom. The summed E-state index contributed by atoms with van der Waals surface area (Å²) in [6.45, 7) is 9.32. The van der Waals surface area contributed by atoms with Crippen molar-refractivity contribution in [3.05, 3.63) is 93.0 Å². The second kappa shape index (κ2) is 8.13. The highest BCUT2D eigenvalue weighted by Crippen LogP contribution is 2.35. The third-order valence-electron chi connectivity index (χ3n) is 5.30. The summed E-state index contributed by atoms with van der Waals surface area (Å²) in [5, 5.41) is 4.27. The first-order chi connectivity index (χ1) is 14.9. The Morgan fingerprint density at radius 2 is 1.90 bits per heavy atom. The van der Waals surface area contributed by atoms with Crippen LogP contribution in [0.15, 0.2) is 65.6 Å². The molecule has 4 aromatic rings. The van der Waals surface area contributed by atoms with Crippen molar-refractivity contribution in [3.63, 3.8) is 0 Å². The van der Waals surface area contributed by atoms with Crippen LogP contribution in [0.1, 0.15) is 18.5 Å². The van der Waals surface area contributed by atoms with E-state index in [1.807, 2.05) is 48.9 Å². The molecule has 0 bridgehead atoms. The fourth-order valence-electron chi connectivity index (χ4n) is 3.90. The number of aromatic nitrogens is 2. The molecule has 3 N–H and O–H groups in total. The Kier molecular flexibility index (Phi) is 5.37. The number of para-hydroxylation sites is 1. The second-order valence-corrected chi connectivity index (χ2v) is 7.63. The van der Waals surface area contributed by atoms with Gasteiger partial charge in [-0.3, -0.25) is 9.78 Å². The van der Waals surface area contributed by atoms with E-state index in [1.54, 1.807) is 24.3 Å². The van der Waals surface area contributed by atoms with Crippen LogP contribution in [0.4, 0.5) is 17.2 Å². The lowest BCUT2D eigenvalue weighted by Gasteiger charge is -2.23. The molecular formula is C24H20ClN5O. The zero-order valence-electron chi connectivity index (χ0n) is 17.1. The summed E-state index contributed by atoms with van der Waals surface area (Å²) in [5.41, 5.74) is 9.25. The number of fused-ring (bicyclic) bond motifs is 1. The number of hydrogen-bond donors (Lipinski definition) is 2. The van der Waals surface area contributed by atoms with Gasteiger partial charge in [-0.15, -0.1) is 0 Å². The van der Waals surface area contributed by atoms with Crippen LogP contribution in [0.5, 0.6) is 0 Å². The number of nitrogens with one attached hydrogen (secondary N) is 1. The normalized spacial score (nSPS) is 11.8. The van der Waals surface area contributed by atoms with Gasteiger partial charge in [-0.25, -0.2) is 4.85 Å². The molecule has 154 valence electrons. The minimum atomic E-state index is -0.452. The number of nitrogens with zero attached hydrogens (tertiary/aromatic N) is 3. The van der Waals surface area contributed by atoms with Gasteiger partial charge in [0.05, 0.1) is 28.8 Å². The zero-order valence-corrected chi connectivity index (χ0v) is 17.8. The van der Waals surface area contributed by atoms with Crippen LogP contribution in [0.3, 0.4) is 0 Å². The lowest BCUT2D eigenvalue weighted by molar-refractivity contribution is 0.838. The molecule has 0 aliphatic rings. The monoisotopic (exact) mass is 429 g/mol. The third-order valence-corrected chi connectivity index (χ3v) is 5.61. The van der Waals surface area contributed by atoms with Crippen molar-refractivity contribution in [1.82, 2.24) is 9.55 Å². The molecule has 2 aromatic heterocycles. The van der Waals surface area contributed by atoms with Crippen molar-refractivity contribution in [2.45, 2.75) is 13.0 Å². The van der Waals surface area contributed by atoms with Gasteiger partial charge in [0, 0.05) is 29.9 Å². The summed E-state index contributed by atoms with van der Waals surface area (Å²) in [7, 11) is 1.90. The molecule has 0 radical (unpaired) electrons. The highest BCUT2D eigenvalue weighted by atomic mass is 35.5. The lowest BCUT2D eigenvalue weighted by Crippen LogP contribution is -2.23. The quantitative estimate of drug-likeness (QED) is 0.416. The van der Waals surface area contributed by atoms with Crippen LogP contribution in [0.2, 0.25) is 5.02 Å².